The van der Waals surface area contributed by atoms with E-state index in [1.165, 1.54) is 18.2 Å². The normalized spacial score (nSPS) is 10.0. The number of carbonyl (C=O) groups is 1. The monoisotopic (exact) mass is 263 g/mol. The number of phenolic OH excluding ortho intramolecular Hbond substituents is 1. The number of hydrogen-bond acceptors (Lipinski definition) is 5. The second kappa shape index (κ2) is 4.84. The van der Waals surface area contributed by atoms with E-state index in [1.54, 1.807) is 12.1 Å². The average molecular weight is 263 g/mol. The summed E-state index contributed by atoms with van der Waals surface area (Å²) < 4.78 is 0.230. The van der Waals surface area contributed by atoms with Gasteiger partial charge in [-0.05, 0) is 18.2 Å². The molecule has 92 valence electrons. The van der Waals surface area contributed by atoms with E-state index in [2.05, 4.69) is 15.5 Å². The summed E-state index contributed by atoms with van der Waals surface area (Å²) in [5.41, 5.74) is 0.484. The molecule has 0 unspecified atom stereocenters. The lowest BCUT2D eigenvalue weighted by Crippen LogP contribution is -2.06. The molecule has 2 aromatic rings. The van der Waals surface area contributed by atoms with Crippen LogP contribution in [0, 0.1) is 4.64 Å². The van der Waals surface area contributed by atoms with Crippen molar-refractivity contribution < 1.29 is 15.0 Å². The maximum Gasteiger partial charge on any atom is 0.339 e. The zero-order valence-electron chi connectivity index (χ0n) is 9.04. The van der Waals surface area contributed by atoms with Gasteiger partial charge in [-0.25, -0.2) is 4.79 Å². The van der Waals surface area contributed by atoms with Crippen molar-refractivity contribution in [2.24, 2.45) is 0 Å². The average Bonchev–Trinajstić information content (AvgIpc) is 2.31. The predicted octanol–water partition coefficient (Wildman–Crippen LogP) is 2.29. The van der Waals surface area contributed by atoms with Crippen LogP contribution in [0.5, 0.6) is 5.75 Å². The first-order valence-corrected chi connectivity index (χ1v) is 5.36. The van der Waals surface area contributed by atoms with Gasteiger partial charge in [-0.3, -0.25) is 5.10 Å². The second-order valence-corrected chi connectivity index (χ2v) is 3.91. The lowest BCUT2D eigenvalue weighted by atomic mass is 10.2. The van der Waals surface area contributed by atoms with Gasteiger partial charge in [0.15, 0.2) is 5.82 Å². The van der Waals surface area contributed by atoms with Crippen LogP contribution >= 0.6 is 12.2 Å². The highest BCUT2D eigenvalue weighted by Gasteiger charge is 2.12. The maximum atomic E-state index is 11.0. The van der Waals surface area contributed by atoms with Crippen LogP contribution in [-0.4, -0.2) is 26.4 Å². The van der Waals surface area contributed by atoms with E-state index in [-0.39, 0.29) is 21.8 Å². The minimum Gasteiger partial charge on any atom is -0.508 e. The van der Waals surface area contributed by atoms with Gasteiger partial charge in [-0.1, -0.05) is 18.3 Å². The number of anilines is 2. The number of nitrogens with zero attached hydrogens (tertiary/aromatic N) is 1. The van der Waals surface area contributed by atoms with Crippen molar-refractivity contribution in [2.75, 3.05) is 5.32 Å². The third-order valence-electron chi connectivity index (χ3n) is 2.15. The molecule has 0 saturated carbocycles. The Kier molecular flexibility index (Phi) is 3.24. The molecule has 0 saturated heterocycles. The number of aromatic carboxylic acids is 1. The summed E-state index contributed by atoms with van der Waals surface area (Å²) in [5, 5.41) is 27.5. The Bertz CT molecular complexity index is 654. The first kappa shape index (κ1) is 12.1. The Morgan fingerprint density at radius 1 is 1.39 bits per heavy atom. The zero-order valence-corrected chi connectivity index (χ0v) is 9.86. The molecule has 0 fully saturated rings. The molecule has 0 amide bonds. The molecule has 0 aliphatic rings. The molecule has 0 atom stereocenters. The molecule has 2 rings (SSSR count). The fourth-order valence-corrected chi connectivity index (χ4v) is 1.55. The summed E-state index contributed by atoms with van der Waals surface area (Å²) >= 11 is 4.81. The molecule has 0 aliphatic heterocycles. The lowest BCUT2D eigenvalue weighted by molar-refractivity contribution is 0.0697. The SMILES string of the molecule is O=C(O)c1cc(=S)[nH]nc1Nc1cccc(O)c1. The summed E-state index contributed by atoms with van der Waals surface area (Å²) in [4.78, 5) is 11.0. The highest BCUT2D eigenvalue weighted by Crippen LogP contribution is 2.21. The number of nitrogens with one attached hydrogen (secondary N) is 2. The van der Waals surface area contributed by atoms with Crippen molar-refractivity contribution in [1.82, 2.24) is 10.2 Å². The van der Waals surface area contributed by atoms with Gasteiger partial charge in [-0.15, -0.1) is 0 Å². The fourth-order valence-electron chi connectivity index (χ4n) is 1.38. The number of phenols is 1. The van der Waals surface area contributed by atoms with Crippen molar-refractivity contribution >= 4 is 29.7 Å². The van der Waals surface area contributed by atoms with Gasteiger partial charge in [0.25, 0.3) is 0 Å². The molecule has 1 aromatic carbocycles. The van der Waals surface area contributed by atoms with Crippen molar-refractivity contribution in [3.63, 3.8) is 0 Å². The summed E-state index contributed by atoms with van der Waals surface area (Å²) in [7, 11) is 0. The Morgan fingerprint density at radius 2 is 2.17 bits per heavy atom. The number of aromatic nitrogens is 2. The van der Waals surface area contributed by atoms with Crippen molar-refractivity contribution in [3.05, 3.63) is 40.5 Å². The van der Waals surface area contributed by atoms with E-state index in [0.717, 1.165) is 0 Å². The number of carboxylic acids is 1. The van der Waals surface area contributed by atoms with E-state index >= 15 is 0 Å². The van der Waals surface area contributed by atoms with Gasteiger partial charge in [0.1, 0.15) is 16.0 Å². The van der Waals surface area contributed by atoms with Gasteiger partial charge in [0.05, 0.1) is 0 Å². The molecule has 1 heterocycles. The highest BCUT2D eigenvalue weighted by molar-refractivity contribution is 7.71. The highest BCUT2D eigenvalue weighted by atomic mass is 32.1. The van der Waals surface area contributed by atoms with Crippen LogP contribution in [0.2, 0.25) is 0 Å². The molecular weight excluding hydrogens is 254 g/mol. The molecule has 18 heavy (non-hydrogen) atoms. The molecule has 0 radical (unpaired) electrons. The molecule has 1 aromatic heterocycles. The standard InChI is InChI=1S/C11H9N3O3S/c15-7-3-1-2-6(4-7)12-10-8(11(16)17)5-9(18)13-14-10/h1-5,15H,(H,12,14)(H,13,18)(H,16,17). The number of hydrogen-bond donors (Lipinski definition) is 4. The molecular formula is C11H9N3O3S. The van der Waals surface area contributed by atoms with Gasteiger partial charge in [0, 0.05) is 11.8 Å². The van der Waals surface area contributed by atoms with Crippen LogP contribution in [0.4, 0.5) is 11.5 Å². The quantitative estimate of drug-likeness (QED) is 0.634. The van der Waals surface area contributed by atoms with Crippen LogP contribution in [-0.2, 0) is 0 Å². The molecule has 6 nitrogen and oxygen atoms in total. The largest absolute Gasteiger partial charge is 0.508 e. The van der Waals surface area contributed by atoms with Gasteiger partial charge in [-0.2, -0.15) is 5.10 Å². The number of aromatic amines is 1. The number of H-pyrrole nitrogens is 1. The van der Waals surface area contributed by atoms with Crippen LogP contribution in [0.25, 0.3) is 0 Å². The lowest BCUT2D eigenvalue weighted by Gasteiger charge is -2.08. The van der Waals surface area contributed by atoms with Crippen molar-refractivity contribution in [2.45, 2.75) is 0 Å². The van der Waals surface area contributed by atoms with E-state index in [1.807, 2.05) is 0 Å². The van der Waals surface area contributed by atoms with Crippen molar-refractivity contribution in [3.8, 4) is 5.75 Å². The topological polar surface area (TPSA) is 98.2 Å². The Labute approximate surface area is 107 Å². The van der Waals surface area contributed by atoms with Crippen LogP contribution in [0.3, 0.4) is 0 Å². The first-order chi connectivity index (χ1) is 8.56. The Hall–Kier alpha value is -2.41. The Balaban J connectivity index is 2.40. The zero-order chi connectivity index (χ0) is 13.1. The predicted molar refractivity (Wildman–Crippen MR) is 67.8 cm³/mol. The maximum absolute atomic E-state index is 11.0. The van der Waals surface area contributed by atoms with Gasteiger partial charge < -0.3 is 15.5 Å². The fraction of sp³-hybridized carbons (Fsp3) is 0. The summed E-state index contributed by atoms with van der Waals surface area (Å²) in [6, 6.07) is 7.57. The summed E-state index contributed by atoms with van der Waals surface area (Å²) in [5.74, 6) is -0.937. The third kappa shape index (κ3) is 2.64. The van der Waals surface area contributed by atoms with E-state index in [4.69, 9.17) is 17.3 Å². The summed E-state index contributed by atoms with van der Waals surface area (Å²) in [6.45, 7) is 0. The van der Waals surface area contributed by atoms with Crippen LogP contribution < -0.4 is 5.32 Å². The number of aromatic hydroxyl groups is 1. The first-order valence-electron chi connectivity index (χ1n) is 4.95. The number of carboxylic acid groups (broad SMARTS) is 1. The van der Waals surface area contributed by atoms with Crippen LogP contribution in [0.1, 0.15) is 10.4 Å². The molecule has 0 aliphatic carbocycles. The van der Waals surface area contributed by atoms with E-state index < -0.39 is 5.97 Å². The molecule has 0 spiro atoms. The number of rotatable bonds is 3. The molecule has 4 N–H and O–H groups in total. The third-order valence-corrected chi connectivity index (χ3v) is 2.36. The Morgan fingerprint density at radius 3 is 2.83 bits per heavy atom. The van der Waals surface area contributed by atoms with E-state index in [0.29, 0.717) is 5.69 Å². The minimum absolute atomic E-state index is 0.0397. The smallest absolute Gasteiger partial charge is 0.339 e. The van der Waals surface area contributed by atoms with Crippen molar-refractivity contribution in [1.29, 1.82) is 0 Å². The van der Waals surface area contributed by atoms with Crippen LogP contribution in [0.15, 0.2) is 30.3 Å². The van der Waals surface area contributed by atoms with E-state index in [9.17, 15) is 9.90 Å². The van der Waals surface area contributed by atoms with Gasteiger partial charge in [0.2, 0.25) is 0 Å². The molecule has 0 bridgehead atoms. The second-order valence-electron chi connectivity index (χ2n) is 3.47. The summed E-state index contributed by atoms with van der Waals surface area (Å²) in [6.07, 6.45) is 0. The van der Waals surface area contributed by atoms with Gasteiger partial charge >= 0.3 is 5.97 Å². The number of benzene rings is 1. The minimum atomic E-state index is -1.13. The molecule has 7 heteroatoms.